The Morgan fingerprint density at radius 3 is 2.89 bits per heavy atom. The Kier molecular flexibility index (Phi) is 4.43. The van der Waals surface area contributed by atoms with Crippen molar-refractivity contribution >= 4 is 34.9 Å². The molecule has 0 amide bonds. The number of carboxylic acids is 1. The number of rotatable bonds is 4. The number of nitrogens with zero attached hydrogens (tertiary/aromatic N) is 3. The first-order chi connectivity index (χ1) is 13.4. The fourth-order valence-electron chi connectivity index (χ4n) is 3.39. The van der Waals surface area contributed by atoms with E-state index in [1.165, 1.54) is 6.20 Å². The summed E-state index contributed by atoms with van der Waals surface area (Å²) >= 11 is 6.19. The Morgan fingerprint density at radius 1 is 1.32 bits per heavy atom. The van der Waals surface area contributed by atoms with E-state index in [2.05, 4.69) is 10.1 Å². The van der Waals surface area contributed by atoms with Crippen LogP contribution in [0, 0.1) is 6.92 Å². The number of aromatic carboxylic acids is 1. The molecule has 4 rings (SSSR count). The molecule has 0 saturated heterocycles. The minimum Gasteiger partial charge on any atom is -0.478 e. The maximum Gasteiger partial charge on any atom is 0.337 e. The second-order valence-electron chi connectivity index (χ2n) is 7.06. The summed E-state index contributed by atoms with van der Waals surface area (Å²) in [6, 6.07) is 9.17. The third kappa shape index (κ3) is 3.27. The number of carboxylic acid groups (broad SMARTS) is 1. The molecule has 0 spiro atoms. The lowest BCUT2D eigenvalue weighted by molar-refractivity contribution is -0.00742. The highest BCUT2D eigenvalue weighted by atomic mass is 35.5. The summed E-state index contributed by atoms with van der Waals surface area (Å²) in [7, 11) is 0. The van der Waals surface area contributed by atoms with Crippen LogP contribution in [0.3, 0.4) is 0 Å². The molecule has 0 aliphatic carbocycles. The highest BCUT2D eigenvalue weighted by molar-refractivity contribution is 6.30. The summed E-state index contributed by atoms with van der Waals surface area (Å²) in [4.78, 5) is 21.1. The van der Waals surface area contributed by atoms with Gasteiger partial charge in [0.15, 0.2) is 5.60 Å². The van der Waals surface area contributed by atoms with E-state index in [1.807, 2.05) is 44.2 Å². The molecule has 0 saturated carbocycles. The predicted octanol–water partition coefficient (Wildman–Crippen LogP) is 4.70. The number of aryl methyl sites for hydroxylation is 1. The quantitative estimate of drug-likeness (QED) is 0.694. The van der Waals surface area contributed by atoms with Crippen molar-refractivity contribution in [3.63, 3.8) is 0 Å². The lowest BCUT2D eigenvalue weighted by atomic mass is 9.90. The maximum absolute atomic E-state index is 11.3. The van der Waals surface area contributed by atoms with E-state index in [0.29, 0.717) is 17.0 Å². The van der Waals surface area contributed by atoms with Gasteiger partial charge in [-0.15, -0.1) is 0 Å². The van der Waals surface area contributed by atoms with Crippen molar-refractivity contribution in [1.82, 2.24) is 9.38 Å². The topological polar surface area (TPSA) is 76.2 Å². The fourth-order valence-corrected chi connectivity index (χ4v) is 3.68. The highest BCUT2D eigenvalue weighted by Crippen LogP contribution is 2.36. The Bertz CT molecular complexity index is 1130. The van der Waals surface area contributed by atoms with Gasteiger partial charge in [0.25, 0.3) is 0 Å². The van der Waals surface area contributed by atoms with Crippen LogP contribution in [0.25, 0.3) is 11.6 Å². The van der Waals surface area contributed by atoms with E-state index in [1.54, 1.807) is 22.9 Å². The van der Waals surface area contributed by atoms with E-state index in [0.717, 1.165) is 22.5 Å². The molecule has 2 aromatic heterocycles. The Labute approximate surface area is 166 Å². The molecule has 1 aromatic carbocycles. The number of benzene rings is 1. The zero-order chi connectivity index (χ0) is 19.9. The second-order valence-corrected chi connectivity index (χ2v) is 7.49. The summed E-state index contributed by atoms with van der Waals surface area (Å²) in [5.74, 6) is -0.984. The average Bonchev–Trinajstić information content (AvgIpc) is 3.26. The highest BCUT2D eigenvalue weighted by Gasteiger charge is 2.35. The molecule has 3 aromatic rings. The van der Waals surface area contributed by atoms with E-state index >= 15 is 0 Å². The molecule has 6 nitrogen and oxygen atoms in total. The number of hydrogen-bond acceptors (Lipinski definition) is 4. The molecule has 28 heavy (non-hydrogen) atoms. The van der Waals surface area contributed by atoms with Crippen LogP contribution in [-0.2, 0) is 10.4 Å². The van der Waals surface area contributed by atoms with Gasteiger partial charge < -0.3 is 9.94 Å². The molecule has 0 fully saturated rings. The molecule has 0 bridgehead atoms. The SMILES string of the molecule is Cc1cc(Cl)cc(C2(C)CC(/C=C/c3ccc(C(=O)O)c4cncn34)=NO2)c1. The Morgan fingerprint density at radius 2 is 2.14 bits per heavy atom. The van der Waals surface area contributed by atoms with Crippen LogP contribution in [-0.4, -0.2) is 26.2 Å². The minimum absolute atomic E-state index is 0.208. The Balaban J connectivity index is 1.59. The lowest BCUT2D eigenvalue weighted by Gasteiger charge is -2.22. The minimum atomic E-state index is -0.984. The zero-order valence-corrected chi connectivity index (χ0v) is 16.1. The number of oxime groups is 1. The van der Waals surface area contributed by atoms with Crippen molar-refractivity contribution < 1.29 is 14.7 Å². The number of halogens is 1. The van der Waals surface area contributed by atoms with Gasteiger partial charge in [-0.3, -0.25) is 4.40 Å². The first-order valence-corrected chi connectivity index (χ1v) is 9.13. The van der Waals surface area contributed by atoms with Crippen LogP contribution in [0.5, 0.6) is 0 Å². The van der Waals surface area contributed by atoms with E-state index < -0.39 is 11.6 Å². The monoisotopic (exact) mass is 395 g/mol. The molecule has 1 N–H and O–H groups in total. The van der Waals surface area contributed by atoms with Gasteiger partial charge in [0.2, 0.25) is 0 Å². The fraction of sp³-hybridized carbons (Fsp3) is 0.190. The molecule has 142 valence electrons. The van der Waals surface area contributed by atoms with Crippen molar-refractivity contribution in [2.24, 2.45) is 5.16 Å². The standard InChI is InChI=1S/C21H18ClN3O3/c1-13-7-14(9-15(22)8-13)21(2)10-16(24-28-21)3-4-17-5-6-18(20(26)27)19-11-23-12-25(17)19/h3-9,11-12H,10H2,1-2H3,(H,26,27)/b4-3+. The number of fused-ring (bicyclic) bond motifs is 1. The van der Waals surface area contributed by atoms with Crippen LogP contribution < -0.4 is 0 Å². The molecule has 1 unspecified atom stereocenters. The van der Waals surface area contributed by atoms with Crippen molar-refractivity contribution in [1.29, 1.82) is 0 Å². The van der Waals surface area contributed by atoms with Crippen molar-refractivity contribution in [3.05, 3.63) is 76.3 Å². The molecule has 3 heterocycles. The van der Waals surface area contributed by atoms with Crippen molar-refractivity contribution in [2.45, 2.75) is 25.9 Å². The first kappa shape index (κ1) is 18.3. The van der Waals surface area contributed by atoms with Crippen molar-refractivity contribution in [3.8, 4) is 0 Å². The summed E-state index contributed by atoms with van der Waals surface area (Å²) in [5.41, 5.74) is 3.80. The number of carbonyl (C=O) groups is 1. The van der Waals surface area contributed by atoms with Gasteiger partial charge in [0, 0.05) is 17.1 Å². The van der Waals surface area contributed by atoms with Crippen molar-refractivity contribution in [2.75, 3.05) is 0 Å². The van der Waals surface area contributed by atoms with Crippen LogP contribution in [0.4, 0.5) is 0 Å². The number of pyridine rings is 1. The molecular weight excluding hydrogens is 378 g/mol. The van der Waals surface area contributed by atoms with Crippen LogP contribution >= 0.6 is 11.6 Å². The molecule has 1 aliphatic rings. The molecule has 1 aliphatic heterocycles. The smallest absolute Gasteiger partial charge is 0.337 e. The maximum atomic E-state index is 11.3. The number of allylic oxidation sites excluding steroid dienone is 1. The van der Waals surface area contributed by atoms with Gasteiger partial charge in [-0.05, 0) is 61.4 Å². The summed E-state index contributed by atoms with van der Waals surface area (Å²) in [6.45, 7) is 3.98. The van der Waals surface area contributed by atoms with Gasteiger partial charge in [-0.2, -0.15) is 0 Å². The van der Waals surface area contributed by atoms with Gasteiger partial charge in [0.1, 0.15) is 0 Å². The summed E-state index contributed by atoms with van der Waals surface area (Å²) in [6.07, 6.45) is 7.47. The molecule has 7 heteroatoms. The zero-order valence-electron chi connectivity index (χ0n) is 15.4. The second kappa shape index (κ2) is 6.80. The normalized spacial score (nSPS) is 19.2. The Hall–Kier alpha value is -3.12. The molecule has 1 atom stereocenters. The lowest BCUT2D eigenvalue weighted by Crippen LogP contribution is -2.21. The number of imidazole rings is 1. The summed E-state index contributed by atoms with van der Waals surface area (Å²) in [5, 5.41) is 14.2. The van der Waals surface area contributed by atoms with Crippen LogP contribution in [0.15, 0.2) is 54.1 Å². The van der Waals surface area contributed by atoms with E-state index in [-0.39, 0.29) is 5.56 Å². The van der Waals surface area contributed by atoms with E-state index in [9.17, 15) is 9.90 Å². The van der Waals surface area contributed by atoms with Gasteiger partial charge in [-0.25, -0.2) is 9.78 Å². The number of hydrogen-bond donors (Lipinski definition) is 1. The summed E-state index contributed by atoms with van der Waals surface area (Å²) < 4.78 is 1.73. The van der Waals surface area contributed by atoms with Crippen LogP contribution in [0.1, 0.15) is 40.5 Å². The molecule has 0 radical (unpaired) electrons. The van der Waals surface area contributed by atoms with E-state index in [4.69, 9.17) is 16.4 Å². The van der Waals surface area contributed by atoms with Gasteiger partial charge in [-0.1, -0.05) is 22.8 Å². The van der Waals surface area contributed by atoms with Gasteiger partial charge in [0.05, 0.1) is 29.3 Å². The third-order valence-electron chi connectivity index (χ3n) is 4.83. The largest absolute Gasteiger partial charge is 0.478 e. The predicted molar refractivity (Wildman–Crippen MR) is 108 cm³/mol. The molecular formula is C21H18ClN3O3. The first-order valence-electron chi connectivity index (χ1n) is 8.75. The van der Waals surface area contributed by atoms with Crippen LogP contribution in [0.2, 0.25) is 5.02 Å². The third-order valence-corrected chi connectivity index (χ3v) is 5.04. The average molecular weight is 396 g/mol. The number of aromatic nitrogens is 2. The van der Waals surface area contributed by atoms with Gasteiger partial charge >= 0.3 is 5.97 Å².